The van der Waals surface area contributed by atoms with E-state index in [1.54, 1.807) is 6.92 Å². The maximum Gasteiger partial charge on any atom is 0.316 e. The SMILES string of the molecule is C/C(=C\c1ccccc1)NC(N)=O. The van der Waals surface area contributed by atoms with Crippen molar-refractivity contribution in [1.82, 2.24) is 5.32 Å². The van der Waals surface area contributed by atoms with E-state index in [9.17, 15) is 4.79 Å². The zero-order valence-electron chi connectivity index (χ0n) is 7.45. The maximum atomic E-state index is 10.5. The number of allylic oxidation sites excluding steroid dienone is 1. The van der Waals surface area contributed by atoms with Crippen molar-refractivity contribution in [3.63, 3.8) is 0 Å². The highest BCUT2D eigenvalue weighted by atomic mass is 16.2. The van der Waals surface area contributed by atoms with Gasteiger partial charge in [0.2, 0.25) is 0 Å². The van der Waals surface area contributed by atoms with Crippen LogP contribution in [0.25, 0.3) is 6.08 Å². The molecular formula is C10H12N2O. The van der Waals surface area contributed by atoms with Gasteiger partial charge >= 0.3 is 6.03 Å². The summed E-state index contributed by atoms with van der Waals surface area (Å²) in [5.41, 5.74) is 6.73. The van der Waals surface area contributed by atoms with Crippen molar-refractivity contribution in [2.75, 3.05) is 0 Å². The number of rotatable bonds is 2. The van der Waals surface area contributed by atoms with Crippen molar-refractivity contribution in [2.24, 2.45) is 5.73 Å². The summed E-state index contributed by atoms with van der Waals surface area (Å²) in [5, 5.41) is 2.49. The number of benzene rings is 1. The minimum atomic E-state index is -0.537. The summed E-state index contributed by atoms with van der Waals surface area (Å²) in [6.07, 6.45) is 1.85. The molecule has 0 heterocycles. The Bertz CT molecular complexity index is 317. The van der Waals surface area contributed by atoms with Crippen LogP contribution in [0.5, 0.6) is 0 Å². The Balaban J connectivity index is 2.71. The quantitative estimate of drug-likeness (QED) is 0.708. The van der Waals surface area contributed by atoms with Gasteiger partial charge in [-0.1, -0.05) is 30.3 Å². The fourth-order valence-electron chi connectivity index (χ4n) is 1.03. The second-order valence-electron chi connectivity index (χ2n) is 2.73. The highest BCUT2D eigenvalue weighted by molar-refractivity contribution is 5.75. The summed E-state index contributed by atoms with van der Waals surface area (Å²) in [7, 11) is 0. The summed E-state index contributed by atoms with van der Waals surface area (Å²) in [4.78, 5) is 10.5. The Morgan fingerprint density at radius 1 is 1.38 bits per heavy atom. The Kier molecular flexibility index (Phi) is 3.09. The van der Waals surface area contributed by atoms with Gasteiger partial charge in [0.15, 0.2) is 0 Å². The van der Waals surface area contributed by atoms with Crippen molar-refractivity contribution >= 4 is 12.1 Å². The van der Waals surface area contributed by atoms with Crippen molar-refractivity contribution in [3.05, 3.63) is 41.6 Å². The number of carbonyl (C=O) groups excluding carboxylic acids is 1. The molecule has 0 radical (unpaired) electrons. The lowest BCUT2D eigenvalue weighted by Crippen LogP contribution is -2.27. The number of hydrogen-bond donors (Lipinski definition) is 2. The van der Waals surface area contributed by atoms with E-state index in [1.807, 2.05) is 36.4 Å². The summed E-state index contributed by atoms with van der Waals surface area (Å²) < 4.78 is 0. The smallest absolute Gasteiger partial charge is 0.316 e. The van der Waals surface area contributed by atoms with E-state index < -0.39 is 6.03 Å². The van der Waals surface area contributed by atoms with E-state index in [1.165, 1.54) is 0 Å². The zero-order valence-corrected chi connectivity index (χ0v) is 7.45. The average Bonchev–Trinajstić information content (AvgIpc) is 2.04. The molecule has 1 aromatic rings. The first-order chi connectivity index (χ1) is 6.18. The van der Waals surface area contributed by atoms with Crippen LogP contribution < -0.4 is 11.1 Å². The molecule has 1 aromatic carbocycles. The maximum absolute atomic E-state index is 10.5. The van der Waals surface area contributed by atoms with E-state index in [0.29, 0.717) is 0 Å². The van der Waals surface area contributed by atoms with Crippen LogP contribution in [0.15, 0.2) is 36.0 Å². The third-order valence-electron chi connectivity index (χ3n) is 1.50. The minimum absolute atomic E-state index is 0.537. The number of carbonyl (C=O) groups is 1. The highest BCUT2D eigenvalue weighted by Gasteiger charge is 1.92. The van der Waals surface area contributed by atoms with Crippen molar-refractivity contribution in [3.8, 4) is 0 Å². The van der Waals surface area contributed by atoms with Gasteiger partial charge in [-0.3, -0.25) is 0 Å². The molecule has 3 nitrogen and oxygen atoms in total. The van der Waals surface area contributed by atoms with Crippen LogP contribution in [-0.4, -0.2) is 6.03 Å². The molecule has 0 aliphatic heterocycles. The molecule has 3 N–H and O–H groups in total. The number of nitrogens with one attached hydrogen (secondary N) is 1. The fraction of sp³-hybridized carbons (Fsp3) is 0.100. The normalized spacial score (nSPS) is 11.0. The van der Waals surface area contributed by atoms with Crippen molar-refractivity contribution < 1.29 is 4.79 Å². The largest absolute Gasteiger partial charge is 0.351 e. The molecule has 0 fully saturated rings. The topological polar surface area (TPSA) is 55.1 Å². The summed E-state index contributed by atoms with van der Waals surface area (Å²) in [6, 6.07) is 9.17. The predicted octanol–water partition coefficient (Wildman–Crippen LogP) is 1.72. The van der Waals surface area contributed by atoms with Crippen LogP contribution in [0.3, 0.4) is 0 Å². The molecule has 0 aliphatic carbocycles. The number of nitrogens with two attached hydrogens (primary N) is 1. The molecule has 0 unspecified atom stereocenters. The molecule has 2 amide bonds. The Labute approximate surface area is 77.3 Å². The van der Waals surface area contributed by atoms with Gasteiger partial charge in [-0.2, -0.15) is 0 Å². The van der Waals surface area contributed by atoms with Crippen LogP contribution >= 0.6 is 0 Å². The lowest BCUT2D eigenvalue weighted by molar-refractivity contribution is 0.251. The molecule has 68 valence electrons. The summed E-state index contributed by atoms with van der Waals surface area (Å²) in [6.45, 7) is 1.79. The molecule has 0 aromatic heterocycles. The number of amides is 2. The zero-order chi connectivity index (χ0) is 9.68. The summed E-state index contributed by atoms with van der Waals surface area (Å²) in [5.74, 6) is 0. The fourth-order valence-corrected chi connectivity index (χ4v) is 1.03. The van der Waals surface area contributed by atoms with Gasteiger partial charge in [0.25, 0.3) is 0 Å². The third-order valence-corrected chi connectivity index (χ3v) is 1.50. The first-order valence-corrected chi connectivity index (χ1v) is 3.98. The molecule has 0 saturated carbocycles. The van der Waals surface area contributed by atoms with Gasteiger partial charge < -0.3 is 11.1 Å². The van der Waals surface area contributed by atoms with Gasteiger partial charge in [0, 0.05) is 5.70 Å². The molecule has 3 heteroatoms. The lowest BCUT2D eigenvalue weighted by atomic mass is 10.2. The van der Waals surface area contributed by atoms with Crippen LogP contribution in [-0.2, 0) is 0 Å². The third kappa shape index (κ3) is 3.42. The molecule has 1 rings (SSSR count). The standard InChI is InChI=1S/C10H12N2O/c1-8(12-10(11)13)7-9-5-3-2-4-6-9/h2-7H,1H3,(H3,11,12,13)/b8-7+. The highest BCUT2D eigenvalue weighted by Crippen LogP contribution is 2.03. The van der Waals surface area contributed by atoms with E-state index in [0.717, 1.165) is 11.3 Å². The molecule has 0 aliphatic rings. The molecule has 0 bridgehead atoms. The first-order valence-electron chi connectivity index (χ1n) is 3.98. The number of urea groups is 1. The number of hydrogen-bond acceptors (Lipinski definition) is 1. The van der Waals surface area contributed by atoms with Gasteiger partial charge in [-0.25, -0.2) is 4.79 Å². The Morgan fingerprint density at radius 3 is 2.54 bits per heavy atom. The molecule has 0 spiro atoms. The summed E-state index contributed by atoms with van der Waals surface area (Å²) >= 11 is 0. The lowest BCUT2D eigenvalue weighted by Gasteiger charge is -2.00. The minimum Gasteiger partial charge on any atom is -0.351 e. The Morgan fingerprint density at radius 2 is 2.00 bits per heavy atom. The van der Waals surface area contributed by atoms with Gasteiger partial charge in [0.1, 0.15) is 0 Å². The molecular weight excluding hydrogens is 164 g/mol. The molecule has 0 atom stereocenters. The van der Waals surface area contributed by atoms with Gasteiger partial charge in [-0.05, 0) is 18.6 Å². The molecule has 13 heavy (non-hydrogen) atoms. The average molecular weight is 176 g/mol. The van der Waals surface area contributed by atoms with Crippen LogP contribution in [0.1, 0.15) is 12.5 Å². The number of primary amides is 1. The van der Waals surface area contributed by atoms with E-state index in [-0.39, 0.29) is 0 Å². The van der Waals surface area contributed by atoms with E-state index in [2.05, 4.69) is 5.32 Å². The van der Waals surface area contributed by atoms with Crippen LogP contribution in [0, 0.1) is 0 Å². The first kappa shape index (κ1) is 9.32. The van der Waals surface area contributed by atoms with E-state index >= 15 is 0 Å². The van der Waals surface area contributed by atoms with Gasteiger partial charge in [-0.15, -0.1) is 0 Å². The van der Waals surface area contributed by atoms with Crippen LogP contribution in [0.2, 0.25) is 0 Å². The van der Waals surface area contributed by atoms with Crippen molar-refractivity contribution in [1.29, 1.82) is 0 Å². The van der Waals surface area contributed by atoms with Crippen molar-refractivity contribution in [2.45, 2.75) is 6.92 Å². The van der Waals surface area contributed by atoms with Crippen LogP contribution in [0.4, 0.5) is 4.79 Å². The Hall–Kier alpha value is -1.77. The van der Waals surface area contributed by atoms with E-state index in [4.69, 9.17) is 5.73 Å². The predicted molar refractivity (Wildman–Crippen MR) is 52.8 cm³/mol. The molecule has 0 saturated heterocycles. The second-order valence-corrected chi connectivity index (χ2v) is 2.73. The monoisotopic (exact) mass is 176 g/mol. The van der Waals surface area contributed by atoms with Gasteiger partial charge in [0.05, 0.1) is 0 Å². The second kappa shape index (κ2) is 4.30.